The molecule has 14 heavy (non-hydrogen) atoms. The van der Waals surface area contributed by atoms with Gasteiger partial charge in [-0.25, -0.2) is 4.98 Å². The summed E-state index contributed by atoms with van der Waals surface area (Å²) in [4.78, 5) is 4.28. The smallest absolute Gasteiger partial charge is 0.203 e. The number of methoxy groups -OCH3 is 1. The Bertz CT molecular complexity index is 310. The first-order valence-electron chi connectivity index (χ1n) is 4.75. The Kier molecular flexibility index (Phi) is 3.04. The summed E-state index contributed by atoms with van der Waals surface area (Å²) in [6.07, 6.45) is 4.71. The lowest BCUT2D eigenvalue weighted by atomic mass is 9.86. The Hall–Kier alpha value is -0.190. The van der Waals surface area contributed by atoms with E-state index in [9.17, 15) is 0 Å². The minimum Gasteiger partial charge on any atom is -0.384 e. The normalized spacial score (nSPS) is 20.1. The molecule has 3 nitrogen and oxygen atoms in total. The molecule has 0 amide bonds. The summed E-state index contributed by atoms with van der Waals surface area (Å²) in [7, 11) is 1.73. The van der Waals surface area contributed by atoms with Gasteiger partial charge in [0, 0.05) is 7.11 Å². The number of hydrogen-bond acceptors (Lipinski definition) is 4. The monoisotopic (exact) mass is 232 g/mol. The van der Waals surface area contributed by atoms with Crippen molar-refractivity contribution in [1.82, 2.24) is 9.36 Å². The first-order chi connectivity index (χ1) is 6.77. The van der Waals surface area contributed by atoms with Crippen LogP contribution in [0.3, 0.4) is 0 Å². The molecule has 78 valence electrons. The Morgan fingerprint density at radius 3 is 2.71 bits per heavy atom. The van der Waals surface area contributed by atoms with Gasteiger partial charge in [-0.3, -0.25) is 0 Å². The van der Waals surface area contributed by atoms with Crippen molar-refractivity contribution in [3.8, 4) is 0 Å². The van der Waals surface area contributed by atoms with E-state index in [1.54, 1.807) is 7.11 Å². The van der Waals surface area contributed by atoms with Crippen molar-refractivity contribution in [2.45, 2.75) is 31.1 Å². The van der Waals surface area contributed by atoms with E-state index < -0.39 is 0 Å². The number of aromatic nitrogens is 2. The van der Waals surface area contributed by atoms with Crippen molar-refractivity contribution in [2.24, 2.45) is 0 Å². The third-order valence-corrected chi connectivity index (χ3v) is 3.65. The van der Waals surface area contributed by atoms with Crippen LogP contribution in [-0.4, -0.2) is 23.1 Å². The molecule has 0 aromatic carbocycles. The summed E-state index contributed by atoms with van der Waals surface area (Å²) < 4.78 is 10.1. The minimum absolute atomic E-state index is 0.0401. The number of ether oxygens (including phenoxy) is 1. The SMILES string of the molecule is COCC1(c2nsc(Cl)n2)CCCC1. The van der Waals surface area contributed by atoms with Gasteiger partial charge >= 0.3 is 0 Å². The highest BCUT2D eigenvalue weighted by molar-refractivity contribution is 7.10. The first kappa shape index (κ1) is 10.3. The lowest BCUT2D eigenvalue weighted by Crippen LogP contribution is -2.29. The molecule has 1 aromatic heterocycles. The zero-order valence-electron chi connectivity index (χ0n) is 8.12. The Morgan fingerprint density at radius 1 is 1.50 bits per heavy atom. The maximum Gasteiger partial charge on any atom is 0.203 e. The molecule has 0 aliphatic heterocycles. The van der Waals surface area contributed by atoms with Crippen molar-refractivity contribution < 1.29 is 4.74 Å². The molecule has 1 fully saturated rings. The molecule has 1 aliphatic carbocycles. The third kappa shape index (κ3) is 1.78. The van der Waals surface area contributed by atoms with Gasteiger partial charge in [-0.2, -0.15) is 4.37 Å². The van der Waals surface area contributed by atoms with E-state index in [1.165, 1.54) is 24.4 Å². The Morgan fingerprint density at radius 2 is 2.21 bits per heavy atom. The number of hydrogen-bond donors (Lipinski definition) is 0. The van der Waals surface area contributed by atoms with Gasteiger partial charge in [0.25, 0.3) is 0 Å². The van der Waals surface area contributed by atoms with Crippen LogP contribution in [0.15, 0.2) is 0 Å². The molecule has 2 rings (SSSR count). The summed E-state index contributed by atoms with van der Waals surface area (Å²) in [5.41, 5.74) is 0.0401. The second kappa shape index (κ2) is 4.13. The van der Waals surface area contributed by atoms with E-state index in [2.05, 4.69) is 9.36 Å². The van der Waals surface area contributed by atoms with Gasteiger partial charge in [0.05, 0.1) is 12.0 Å². The van der Waals surface area contributed by atoms with Crippen molar-refractivity contribution in [3.05, 3.63) is 10.3 Å². The minimum atomic E-state index is 0.0401. The van der Waals surface area contributed by atoms with E-state index in [1.807, 2.05) is 0 Å². The molecule has 0 spiro atoms. The van der Waals surface area contributed by atoms with Crippen LogP contribution in [0.25, 0.3) is 0 Å². The second-order valence-corrected chi connectivity index (χ2v) is 5.13. The summed E-state index contributed by atoms with van der Waals surface area (Å²) >= 11 is 7.07. The van der Waals surface area contributed by atoms with Crippen molar-refractivity contribution in [1.29, 1.82) is 0 Å². The fraction of sp³-hybridized carbons (Fsp3) is 0.778. The maximum atomic E-state index is 5.81. The lowest BCUT2D eigenvalue weighted by Gasteiger charge is -2.24. The third-order valence-electron chi connectivity index (χ3n) is 2.86. The zero-order chi connectivity index (χ0) is 10.0. The quantitative estimate of drug-likeness (QED) is 0.804. The van der Waals surface area contributed by atoms with Gasteiger partial charge in [-0.15, -0.1) is 0 Å². The van der Waals surface area contributed by atoms with E-state index in [4.69, 9.17) is 16.3 Å². The highest BCUT2D eigenvalue weighted by Crippen LogP contribution is 2.40. The topological polar surface area (TPSA) is 35.0 Å². The summed E-state index contributed by atoms with van der Waals surface area (Å²) in [6.45, 7) is 0.708. The molecule has 0 radical (unpaired) electrons. The molecular weight excluding hydrogens is 220 g/mol. The van der Waals surface area contributed by atoms with E-state index in [-0.39, 0.29) is 5.41 Å². The van der Waals surface area contributed by atoms with Gasteiger partial charge in [0.2, 0.25) is 4.47 Å². The van der Waals surface area contributed by atoms with Crippen molar-refractivity contribution >= 4 is 23.1 Å². The Labute approximate surface area is 92.6 Å². The molecule has 0 bridgehead atoms. The summed E-state index contributed by atoms with van der Waals surface area (Å²) in [6, 6.07) is 0. The molecule has 0 saturated heterocycles. The molecule has 0 unspecified atom stereocenters. The predicted molar refractivity (Wildman–Crippen MR) is 56.9 cm³/mol. The fourth-order valence-electron chi connectivity index (χ4n) is 2.18. The first-order valence-corrected chi connectivity index (χ1v) is 5.91. The predicted octanol–water partition coefficient (Wildman–Crippen LogP) is 2.65. The molecule has 0 atom stereocenters. The van der Waals surface area contributed by atoms with Crippen LogP contribution in [0.5, 0.6) is 0 Å². The van der Waals surface area contributed by atoms with E-state index in [0.717, 1.165) is 18.7 Å². The standard InChI is InChI=1S/C9H13ClN2OS/c1-13-6-9(4-2-3-5-9)7-11-8(10)14-12-7/h2-6H2,1H3. The van der Waals surface area contributed by atoms with Crippen LogP contribution >= 0.6 is 23.1 Å². The van der Waals surface area contributed by atoms with E-state index in [0.29, 0.717) is 11.1 Å². The van der Waals surface area contributed by atoms with Gasteiger partial charge in [-0.1, -0.05) is 12.8 Å². The second-order valence-electron chi connectivity index (χ2n) is 3.79. The van der Waals surface area contributed by atoms with Crippen LogP contribution in [-0.2, 0) is 10.2 Å². The van der Waals surface area contributed by atoms with Crippen LogP contribution in [0.4, 0.5) is 0 Å². The van der Waals surface area contributed by atoms with Crippen LogP contribution < -0.4 is 0 Å². The van der Waals surface area contributed by atoms with Gasteiger partial charge in [0.1, 0.15) is 0 Å². The van der Waals surface area contributed by atoms with Crippen molar-refractivity contribution in [2.75, 3.05) is 13.7 Å². The molecule has 1 heterocycles. The number of nitrogens with zero attached hydrogens (tertiary/aromatic N) is 2. The molecule has 5 heteroatoms. The molecule has 1 aliphatic rings. The van der Waals surface area contributed by atoms with Gasteiger partial charge in [0.15, 0.2) is 5.82 Å². The molecule has 1 saturated carbocycles. The highest BCUT2D eigenvalue weighted by Gasteiger charge is 2.39. The van der Waals surface area contributed by atoms with Crippen LogP contribution in [0, 0.1) is 0 Å². The molecular formula is C9H13ClN2OS. The fourth-order valence-corrected chi connectivity index (χ4v) is 2.89. The van der Waals surface area contributed by atoms with Crippen LogP contribution in [0.2, 0.25) is 4.47 Å². The van der Waals surface area contributed by atoms with Gasteiger partial charge in [-0.05, 0) is 36.0 Å². The number of rotatable bonds is 3. The Balaban J connectivity index is 2.26. The average molecular weight is 233 g/mol. The highest BCUT2D eigenvalue weighted by atomic mass is 35.5. The molecule has 0 N–H and O–H groups in total. The lowest BCUT2D eigenvalue weighted by molar-refractivity contribution is 0.127. The van der Waals surface area contributed by atoms with Crippen molar-refractivity contribution in [3.63, 3.8) is 0 Å². The average Bonchev–Trinajstić information content (AvgIpc) is 2.75. The number of halogens is 1. The van der Waals surface area contributed by atoms with Crippen LogP contribution in [0.1, 0.15) is 31.5 Å². The maximum absolute atomic E-state index is 5.81. The summed E-state index contributed by atoms with van der Waals surface area (Å²) in [5, 5.41) is 0. The molecule has 1 aromatic rings. The van der Waals surface area contributed by atoms with E-state index >= 15 is 0 Å². The zero-order valence-corrected chi connectivity index (χ0v) is 9.70. The van der Waals surface area contributed by atoms with Gasteiger partial charge < -0.3 is 4.74 Å². The largest absolute Gasteiger partial charge is 0.384 e. The summed E-state index contributed by atoms with van der Waals surface area (Å²) in [5.74, 6) is 0.881.